The first kappa shape index (κ1) is 12.1. The third-order valence-electron chi connectivity index (χ3n) is 3.04. The van der Waals surface area contributed by atoms with Crippen LogP contribution in [0.4, 0.5) is 0 Å². The zero-order valence-electron chi connectivity index (χ0n) is 10.2. The SMILES string of the molecule is COc1ccc(C(C)(O)c2ccsc2C)cc1. The van der Waals surface area contributed by atoms with Crippen molar-refractivity contribution < 1.29 is 9.84 Å². The molecule has 0 radical (unpaired) electrons. The highest BCUT2D eigenvalue weighted by atomic mass is 32.1. The number of aryl methyl sites for hydroxylation is 1. The smallest absolute Gasteiger partial charge is 0.118 e. The van der Waals surface area contributed by atoms with Crippen LogP contribution in [0.1, 0.15) is 22.9 Å². The van der Waals surface area contributed by atoms with Crippen LogP contribution in [0.3, 0.4) is 0 Å². The van der Waals surface area contributed by atoms with Gasteiger partial charge in [-0.15, -0.1) is 11.3 Å². The van der Waals surface area contributed by atoms with Crippen LogP contribution in [0, 0.1) is 6.92 Å². The normalized spacial score (nSPS) is 14.4. The van der Waals surface area contributed by atoms with Crippen LogP contribution in [0.5, 0.6) is 5.75 Å². The van der Waals surface area contributed by atoms with Gasteiger partial charge in [0.2, 0.25) is 0 Å². The van der Waals surface area contributed by atoms with E-state index in [0.29, 0.717) is 0 Å². The molecule has 0 saturated carbocycles. The average molecular weight is 248 g/mol. The zero-order chi connectivity index (χ0) is 12.5. The van der Waals surface area contributed by atoms with Crippen LogP contribution in [0.2, 0.25) is 0 Å². The van der Waals surface area contributed by atoms with Crippen LogP contribution in [-0.4, -0.2) is 12.2 Å². The summed E-state index contributed by atoms with van der Waals surface area (Å²) < 4.78 is 5.12. The second-order valence-electron chi connectivity index (χ2n) is 4.19. The molecule has 1 unspecified atom stereocenters. The fraction of sp³-hybridized carbons (Fsp3) is 0.286. The van der Waals surface area contributed by atoms with Gasteiger partial charge >= 0.3 is 0 Å². The van der Waals surface area contributed by atoms with Gasteiger partial charge in [-0.25, -0.2) is 0 Å². The van der Waals surface area contributed by atoms with Crippen molar-refractivity contribution in [2.75, 3.05) is 7.11 Å². The summed E-state index contributed by atoms with van der Waals surface area (Å²) in [7, 11) is 1.64. The number of ether oxygens (including phenoxy) is 1. The van der Waals surface area contributed by atoms with Crippen LogP contribution < -0.4 is 4.74 Å². The molecule has 1 N–H and O–H groups in total. The van der Waals surface area contributed by atoms with E-state index in [-0.39, 0.29) is 0 Å². The van der Waals surface area contributed by atoms with Crippen molar-refractivity contribution in [3.63, 3.8) is 0 Å². The number of rotatable bonds is 3. The van der Waals surface area contributed by atoms with Crippen LogP contribution in [0.25, 0.3) is 0 Å². The fourth-order valence-electron chi connectivity index (χ4n) is 1.96. The molecule has 0 saturated heterocycles. The Morgan fingerprint density at radius 1 is 1.18 bits per heavy atom. The molecule has 0 aliphatic heterocycles. The number of thiophene rings is 1. The Bertz CT molecular complexity index is 497. The summed E-state index contributed by atoms with van der Waals surface area (Å²) in [5, 5.41) is 12.7. The van der Waals surface area contributed by atoms with Crippen molar-refractivity contribution in [2.24, 2.45) is 0 Å². The molecule has 1 aromatic heterocycles. The van der Waals surface area contributed by atoms with Crippen molar-refractivity contribution >= 4 is 11.3 Å². The van der Waals surface area contributed by atoms with Gasteiger partial charge in [0.05, 0.1) is 7.11 Å². The highest BCUT2D eigenvalue weighted by Gasteiger charge is 2.27. The first-order chi connectivity index (χ1) is 8.05. The van der Waals surface area contributed by atoms with E-state index in [1.165, 1.54) is 0 Å². The molecule has 1 atom stereocenters. The molecule has 17 heavy (non-hydrogen) atoms. The standard InChI is InChI=1S/C14H16O2S/c1-10-13(8-9-17-10)14(2,15)11-4-6-12(16-3)7-5-11/h4-9,15H,1-3H3. The van der Waals surface area contributed by atoms with E-state index in [1.807, 2.05) is 49.6 Å². The van der Waals surface area contributed by atoms with Gasteiger partial charge in [-0.05, 0) is 43.0 Å². The maximum Gasteiger partial charge on any atom is 0.118 e. The van der Waals surface area contributed by atoms with E-state index in [4.69, 9.17) is 4.74 Å². The Morgan fingerprint density at radius 3 is 2.29 bits per heavy atom. The van der Waals surface area contributed by atoms with Gasteiger partial charge in [0, 0.05) is 10.4 Å². The summed E-state index contributed by atoms with van der Waals surface area (Å²) in [6, 6.07) is 9.51. The second kappa shape index (κ2) is 4.51. The topological polar surface area (TPSA) is 29.5 Å². The van der Waals surface area contributed by atoms with Gasteiger partial charge in [0.15, 0.2) is 0 Å². The Kier molecular flexibility index (Phi) is 3.22. The lowest BCUT2D eigenvalue weighted by atomic mass is 9.89. The second-order valence-corrected chi connectivity index (χ2v) is 5.31. The molecule has 3 heteroatoms. The molecular weight excluding hydrogens is 232 g/mol. The minimum atomic E-state index is -0.948. The summed E-state index contributed by atoms with van der Waals surface area (Å²) in [6.45, 7) is 3.85. The van der Waals surface area contributed by atoms with E-state index in [1.54, 1.807) is 18.4 Å². The zero-order valence-corrected chi connectivity index (χ0v) is 11.0. The van der Waals surface area contributed by atoms with Crippen LogP contribution in [-0.2, 0) is 5.60 Å². The molecule has 0 spiro atoms. The third-order valence-corrected chi connectivity index (χ3v) is 3.88. The van der Waals surface area contributed by atoms with Gasteiger partial charge in [-0.3, -0.25) is 0 Å². The van der Waals surface area contributed by atoms with Gasteiger partial charge in [-0.2, -0.15) is 0 Å². The summed E-state index contributed by atoms with van der Waals surface area (Å²) in [5.74, 6) is 0.798. The molecular formula is C14H16O2S. The first-order valence-corrected chi connectivity index (χ1v) is 6.35. The van der Waals surface area contributed by atoms with Crippen LogP contribution in [0.15, 0.2) is 35.7 Å². The summed E-state index contributed by atoms with van der Waals surface area (Å²) in [5.41, 5.74) is 0.892. The lowest BCUT2D eigenvalue weighted by molar-refractivity contribution is 0.102. The highest BCUT2D eigenvalue weighted by Crippen LogP contribution is 2.34. The van der Waals surface area contributed by atoms with E-state index in [9.17, 15) is 5.11 Å². The van der Waals surface area contributed by atoms with E-state index < -0.39 is 5.60 Å². The first-order valence-electron chi connectivity index (χ1n) is 5.47. The van der Waals surface area contributed by atoms with Crippen LogP contribution >= 0.6 is 11.3 Å². The van der Waals surface area contributed by atoms with E-state index >= 15 is 0 Å². The third kappa shape index (κ3) is 2.21. The molecule has 1 heterocycles. The van der Waals surface area contributed by atoms with Gasteiger partial charge < -0.3 is 9.84 Å². The summed E-state index contributed by atoms with van der Waals surface area (Å²) in [4.78, 5) is 1.14. The molecule has 0 aliphatic rings. The van der Waals surface area contributed by atoms with Crippen molar-refractivity contribution in [3.8, 4) is 5.75 Å². The minimum absolute atomic E-state index is 0.798. The van der Waals surface area contributed by atoms with Crippen molar-refractivity contribution in [1.82, 2.24) is 0 Å². The fourth-order valence-corrected chi connectivity index (χ4v) is 2.76. The molecule has 2 rings (SSSR count). The summed E-state index contributed by atoms with van der Waals surface area (Å²) >= 11 is 1.65. The summed E-state index contributed by atoms with van der Waals surface area (Å²) in [6.07, 6.45) is 0. The van der Waals surface area contributed by atoms with Crippen molar-refractivity contribution in [1.29, 1.82) is 0 Å². The average Bonchev–Trinajstić information content (AvgIpc) is 2.76. The number of hydrogen-bond donors (Lipinski definition) is 1. The maximum atomic E-state index is 10.7. The number of hydrogen-bond acceptors (Lipinski definition) is 3. The largest absolute Gasteiger partial charge is 0.497 e. The molecule has 1 aromatic carbocycles. The van der Waals surface area contributed by atoms with Crippen molar-refractivity contribution in [3.05, 3.63) is 51.7 Å². The highest BCUT2D eigenvalue weighted by molar-refractivity contribution is 7.10. The molecule has 0 aliphatic carbocycles. The van der Waals surface area contributed by atoms with E-state index in [0.717, 1.165) is 21.8 Å². The number of benzene rings is 1. The van der Waals surface area contributed by atoms with Crippen molar-refractivity contribution in [2.45, 2.75) is 19.4 Å². The molecule has 90 valence electrons. The minimum Gasteiger partial charge on any atom is -0.497 e. The maximum absolute atomic E-state index is 10.7. The van der Waals surface area contributed by atoms with Gasteiger partial charge in [0.25, 0.3) is 0 Å². The quantitative estimate of drug-likeness (QED) is 0.903. The lowest BCUT2D eigenvalue weighted by Crippen LogP contribution is -2.22. The molecule has 0 fully saturated rings. The number of methoxy groups -OCH3 is 1. The molecule has 2 aromatic rings. The Balaban J connectivity index is 2.40. The lowest BCUT2D eigenvalue weighted by Gasteiger charge is -2.24. The predicted octanol–water partition coefficient (Wildman–Crippen LogP) is 3.32. The Labute approximate surface area is 105 Å². The molecule has 0 bridgehead atoms. The Hall–Kier alpha value is -1.32. The monoisotopic (exact) mass is 248 g/mol. The molecule has 2 nitrogen and oxygen atoms in total. The Morgan fingerprint density at radius 2 is 1.82 bits per heavy atom. The number of aliphatic hydroxyl groups is 1. The molecule has 0 amide bonds. The van der Waals surface area contributed by atoms with Gasteiger partial charge in [0.1, 0.15) is 11.4 Å². The van der Waals surface area contributed by atoms with E-state index in [2.05, 4.69) is 0 Å². The predicted molar refractivity (Wildman–Crippen MR) is 70.7 cm³/mol. The van der Waals surface area contributed by atoms with Gasteiger partial charge in [-0.1, -0.05) is 12.1 Å².